The van der Waals surface area contributed by atoms with E-state index in [1.165, 1.54) is 30.0 Å². The Morgan fingerprint density at radius 2 is 1.60 bits per heavy atom. The maximum absolute atomic E-state index is 14.2. The van der Waals surface area contributed by atoms with Gasteiger partial charge in [-0.1, -0.05) is 42.5 Å². The Morgan fingerprint density at radius 1 is 0.884 bits per heavy atom. The first-order chi connectivity index (χ1) is 20.6. The van der Waals surface area contributed by atoms with Crippen LogP contribution in [0.25, 0.3) is 0 Å². The highest BCUT2D eigenvalue weighted by Crippen LogP contribution is 2.28. The van der Waals surface area contributed by atoms with Gasteiger partial charge in [0.1, 0.15) is 17.5 Å². The number of hydrogen-bond donors (Lipinski definition) is 2. The van der Waals surface area contributed by atoms with E-state index < -0.39 is 41.3 Å². The Balaban J connectivity index is 1.36. The number of hydrogen-bond acceptors (Lipinski definition) is 5. The number of para-hydroxylation sites is 1. The molecule has 1 heterocycles. The molecule has 5 rings (SSSR count). The standard InChI is InChI=1S/C33H27F3N4O3/c1-19(37-29(41)15-20-13-24(35)18-25(36)14-20)31(42)22-8-6-10-26(17-22)38-32-33(43)40(2)28-12-4-3-11-27(28)30(39-32)21-7-5-9-23(34)16-21/h3-14,16-19,32,38H,15H2,1-2H3,(H,37,41)/t19-,32?/m0/s1. The highest BCUT2D eigenvalue weighted by Gasteiger charge is 2.30. The molecule has 0 saturated heterocycles. The van der Waals surface area contributed by atoms with Crippen LogP contribution in [0.3, 0.4) is 0 Å². The maximum Gasteiger partial charge on any atom is 0.271 e. The number of halogens is 3. The summed E-state index contributed by atoms with van der Waals surface area (Å²) in [5.41, 5.74) is 2.99. The van der Waals surface area contributed by atoms with Crippen LogP contribution in [0.15, 0.2) is 96.0 Å². The summed E-state index contributed by atoms with van der Waals surface area (Å²) < 4.78 is 41.1. The van der Waals surface area contributed by atoms with Crippen LogP contribution in [0, 0.1) is 17.5 Å². The quantitative estimate of drug-likeness (QED) is 0.276. The SMILES string of the molecule is C[C@H](NC(=O)Cc1cc(F)cc(F)c1)C(=O)c1cccc(NC2N=C(c3cccc(F)c3)c3ccccc3N(C)C2=O)c1. The van der Waals surface area contributed by atoms with Crippen molar-refractivity contribution in [3.8, 4) is 0 Å². The molecule has 2 amide bonds. The molecule has 1 aliphatic heterocycles. The second-order valence-corrected chi connectivity index (χ2v) is 10.1. The fourth-order valence-electron chi connectivity index (χ4n) is 4.91. The Hall–Kier alpha value is -5.25. The van der Waals surface area contributed by atoms with Crippen molar-refractivity contribution < 1.29 is 27.6 Å². The first kappa shape index (κ1) is 29.2. The molecule has 0 radical (unpaired) electrons. The number of benzodiazepines with no additional fused rings is 1. The van der Waals surface area contributed by atoms with Gasteiger partial charge in [0.15, 0.2) is 11.9 Å². The molecule has 0 spiro atoms. The van der Waals surface area contributed by atoms with Gasteiger partial charge >= 0.3 is 0 Å². The smallest absolute Gasteiger partial charge is 0.271 e. The molecule has 0 aliphatic carbocycles. The van der Waals surface area contributed by atoms with Gasteiger partial charge in [0.25, 0.3) is 5.91 Å². The lowest BCUT2D eigenvalue weighted by molar-refractivity contribution is -0.121. The number of carbonyl (C=O) groups excluding carboxylic acids is 3. The minimum atomic E-state index is -1.11. The predicted molar refractivity (Wildman–Crippen MR) is 158 cm³/mol. The molecule has 43 heavy (non-hydrogen) atoms. The number of likely N-dealkylation sites (N-methyl/N-ethyl adjacent to an activating group) is 1. The molecule has 218 valence electrons. The molecule has 2 N–H and O–H groups in total. The third-order valence-electron chi connectivity index (χ3n) is 6.95. The fraction of sp³-hybridized carbons (Fsp3) is 0.152. The van der Waals surface area contributed by atoms with Crippen molar-refractivity contribution in [2.75, 3.05) is 17.3 Å². The van der Waals surface area contributed by atoms with Crippen LogP contribution in [0.1, 0.15) is 34.0 Å². The zero-order valence-corrected chi connectivity index (χ0v) is 23.3. The largest absolute Gasteiger partial charge is 0.356 e. The molecule has 10 heteroatoms. The number of benzene rings is 4. The second-order valence-electron chi connectivity index (χ2n) is 10.1. The molecular formula is C33H27F3N4O3. The van der Waals surface area contributed by atoms with E-state index in [-0.39, 0.29) is 23.5 Å². The molecule has 2 atom stereocenters. The third-order valence-corrected chi connectivity index (χ3v) is 6.95. The topological polar surface area (TPSA) is 90.9 Å². The second kappa shape index (κ2) is 12.3. The average molecular weight is 585 g/mol. The number of nitrogens with zero attached hydrogens (tertiary/aromatic N) is 2. The van der Waals surface area contributed by atoms with Crippen LogP contribution < -0.4 is 15.5 Å². The number of anilines is 2. The van der Waals surface area contributed by atoms with E-state index in [0.29, 0.717) is 34.3 Å². The van der Waals surface area contributed by atoms with Crippen LogP contribution in [0.5, 0.6) is 0 Å². The number of nitrogens with one attached hydrogen (secondary N) is 2. The number of Topliss-reactive ketones (excluding diaryl/α,β-unsaturated/α-hetero) is 1. The molecule has 0 fully saturated rings. The Kier molecular flexibility index (Phi) is 8.38. The molecule has 1 unspecified atom stereocenters. The molecule has 0 bridgehead atoms. The minimum absolute atomic E-state index is 0.138. The van der Waals surface area contributed by atoms with Crippen molar-refractivity contribution in [3.05, 3.63) is 131 Å². The van der Waals surface area contributed by atoms with E-state index in [4.69, 9.17) is 4.99 Å². The van der Waals surface area contributed by atoms with Gasteiger partial charge in [0.05, 0.1) is 23.9 Å². The van der Waals surface area contributed by atoms with Gasteiger partial charge in [-0.25, -0.2) is 18.2 Å². The summed E-state index contributed by atoms with van der Waals surface area (Å²) in [6, 6.07) is 21.4. The monoisotopic (exact) mass is 584 g/mol. The van der Waals surface area contributed by atoms with Crippen LogP contribution in [-0.2, 0) is 16.0 Å². The molecule has 0 aromatic heterocycles. The zero-order valence-electron chi connectivity index (χ0n) is 23.3. The van der Waals surface area contributed by atoms with Crippen molar-refractivity contribution in [1.82, 2.24) is 5.32 Å². The summed E-state index contributed by atoms with van der Waals surface area (Å²) in [5, 5.41) is 5.64. The van der Waals surface area contributed by atoms with Gasteiger partial charge in [-0.3, -0.25) is 14.4 Å². The number of rotatable bonds is 8. The average Bonchev–Trinajstić information content (AvgIpc) is 3.07. The number of fused-ring (bicyclic) bond motifs is 1. The zero-order chi connectivity index (χ0) is 30.7. The van der Waals surface area contributed by atoms with Gasteiger partial charge in [0, 0.05) is 35.5 Å². The number of carbonyl (C=O) groups is 3. The highest BCUT2D eigenvalue weighted by atomic mass is 19.1. The van der Waals surface area contributed by atoms with Crippen molar-refractivity contribution in [2.45, 2.75) is 25.6 Å². The number of aliphatic imine (C=N–C) groups is 1. The molecular weight excluding hydrogens is 557 g/mol. The summed E-state index contributed by atoms with van der Waals surface area (Å²) in [7, 11) is 1.63. The summed E-state index contributed by atoms with van der Waals surface area (Å²) in [6.45, 7) is 1.50. The van der Waals surface area contributed by atoms with E-state index in [1.807, 2.05) is 12.1 Å². The van der Waals surface area contributed by atoms with E-state index in [2.05, 4.69) is 10.6 Å². The molecule has 4 aromatic rings. The summed E-state index contributed by atoms with van der Waals surface area (Å²) >= 11 is 0. The third kappa shape index (κ3) is 6.64. The Labute approximate surface area is 246 Å². The molecule has 7 nitrogen and oxygen atoms in total. The predicted octanol–water partition coefficient (Wildman–Crippen LogP) is 5.29. The van der Waals surface area contributed by atoms with Crippen LogP contribution >= 0.6 is 0 Å². The molecule has 1 aliphatic rings. The lowest BCUT2D eigenvalue weighted by Crippen LogP contribution is -2.40. The van der Waals surface area contributed by atoms with Crippen molar-refractivity contribution >= 4 is 34.7 Å². The van der Waals surface area contributed by atoms with Crippen molar-refractivity contribution in [3.63, 3.8) is 0 Å². The summed E-state index contributed by atoms with van der Waals surface area (Å²) in [5.74, 6) is -3.41. The van der Waals surface area contributed by atoms with Crippen molar-refractivity contribution in [2.24, 2.45) is 4.99 Å². The minimum Gasteiger partial charge on any atom is -0.356 e. The first-order valence-electron chi connectivity index (χ1n) is 13.4. The van der Waals surface area contributed by atoms with Crippen LogP contribution in [-0.4, -0.2) is 42.6 Å². The van der Waals surface area contributed by atoms with Crippen LogP contribution in [0.4, 0.5) is 24.5 Å². The molecule has 0 saturated carbocycles. The first-order valence-corrected chi connectivity index (χ1v) is 13.4. The van der Waals surface area contributed by atoms with Gasteiger partial charge in [0.2, 0.25) is 5.91 Å². The van der Waals surface area contributed by atoms with E-state index in [9.17, 15) is 27.6 Å². The van der Waals surface area contributed by atoms with Gasteiger partial charge in [-0.05, 0) is 55.0 Å². The van der Waals surface area contributed by atoms with Gasteiger partial charge in [-0.15, -0.1) is 0 Å². The number of ketones is 1. The van der Waals surface area contributed by atoms with Gasteiger partial charge in [-0.2, -0.15) is 0 Å². The van der Waals surface area contributed by atoms with E-state index in [0.717, 1.165) is 12.1 Å². The van der Waals surface area contributed by atoms with Gasteiger partial charge < -0.3 is 15.5 Å². The summed E-state index contributed by atoms with van der Waals surface area (Å²) in [6.07, 6.45) is -1.41. The lowest BCUT2D eigenvalue weighted by Gasteiger charge is -2.21. The fourth-order valence-corrected chi connectivity index (χ4v) is 4.91. The van der Waals surface area contributed by atoms with E-state index in [1.54, 1.807) is 49.5 Å². The Morgan fingerprint density at radius 3 is 2.35 bits per heavy atom. The lowest BCUT2D eigenvalue weighted by atomic mass is 10.0. The van der Waals surface area contributed by atoms with Crippen molar-refractivity contribution in [1.29, 1.82) is 0 Å². The number of amides is 2. The van der Waals surface area contributed by atoms with Crippen LogP contribution in [0.2, 0.25) is 0 Å². The highest BCUT2D eigenvalue weighted by molar-refractivity contribution is 6.20. The Bertz CT molecular complexity index is 1740. The van der Waals surface area contributed by atoms with E-state index >= 15 is 0 Å². The normalized spacial score (nSPS) is 15.2. The molecule has 4 aromatic carbocycles. The summed E-state index contributed by atoms with van der Waals surface area (Å²) in [4.78, 5) is 45.3. The maximum atomic E-state index is 14.2.